The largest absolute Gasteiger partial charge is 0.454 e. The Hall–Kier alpha value is -17.5. The number of aryl methyl sites for hydroxylation is 3. The van der Waals surface area contributed by atoms with Crippen molar-refractivity contribution in [2.45, 2.75) is 26.9 Å². The van der Waals surface area contributed by atoms with Crippen LogP contribution in [0.4, 0.5) is 50.4 Å². The smallest absolute Gasteiger partial charge is 0.416 e. The number of rotatable bonds is 20. The van der Waals surface area contributed by atoms with E-state index in [9.17, 15) is 51.2 Å². The molecule has 0 atom stereocenters. The predicted molar refractivity (Wildman–Crippen MR) is 459 cm³/mol. The molecule has 15 aromatic rings. The second-order valence-corrected chi connectivity index (χ2v) is 26.7. The van der Waals surface area contributed by atoms with Crippen LogP contribution < -0.4 is 50.3 Å². The Balaban J connectivity index is 0.000000153. The molecule has 0 bridgehead atoms. The standard InChI is InChI=1S/C20H12F3N3O2.C19H11F2N3O2.C19H14N4O2.C18H14ClN3O2.C18H15N3O2/c1-2-13-4-3-5-14(6-13)19(27)26-16-7-15(20(21,22)23)8-17(9-16)28-18-10-24-12-25-11-18;1-2-12-3-4-18(21)17(5-12)19(25)24-14-6-13(20)7-15(8-14)26-16-9-22-11-23-10-16;1-13-3-2-4-15(5-13)19(24)23-16-6-14(9-20)7-17(8-16)25-18-10-21-12-22-11-18;1-12-3-2-4-13(5-12)18(23)22-15-6-14(19)7-16(8-15)24-17-9-20-11-21-10-17;1-13-4-2-5-14(8-13)18(22)21-15-6-3-7-16(9-15)23-17-10-19-12-20-11-17/h1,3-12H,(H,26,27);1,3-11H,(H,24,25);2-8,10-12H,1H3,(H,23,24);2-11H,1H3,(H,22,23);2-12H,1H3,(H,21,22). The van der Waals surface area contributed by atoms with Gasteiger partial charge in [-0.25, -0.2) is 58.6 Å². The molecule has 5 amide bonds. The summed E-state index contributed by atoms with van der Waals surface area (Å²) in [4.78, 5) is 100.0. The summed E-state index contributed by atoms with van der Waals surface area (Å²) < 4.78 is 95.1. The minimum Gasteiger partial charge on any atom is -0.454 e. The third-order valence-electron chi connectivity index (χ3n) is 16.5. The van der Waals surface area contributed by atoms with Crippen molar-refractivity contribution >= 4 is 69.6 Å². The van der Waals surface area contributed by atoms with E-state index in [1.54, 1.807) is 110 Å². The highest BCUT2D eigenvalue weighted by molar-refractivity contribution is 6.31. The minimum absolute atomic E-state index is 0.0854. The normalized spacial score (nSPS) is 10.2. The number of carbonyl (C=O) groups is 5. The number of nitrogens with zero attached hydrogens (tertiary/aromatic N) is 11. The summed E-state index contributed by atoms with van der Waals surface area (Å²) in [5.41, 5.74) is 6.65. The molecule has 15 rings (SSSR count). The van der Waals surface area contributed by atoms with Gasteiger partial charge in [-0.05, 0) is 148 Å². The maximum Gasteiger partial charge on any atom is 0.416 e. The number of hydrogen-bond acceptors (Lipinski definition) is 21. The number of amides is 5. The number of carbonyl (C=O) groups excluding carboxylic acids is 5. The molecule has 0 aliphatic carbocycles. The Morgan fingerprint density at radius 2 is 0.690 bits per heavy atom. The molecule has 32 heteroatoms. The maximum absolute atomic E-state index is 13.9. The highest BCUT2D eigenvalue weighted by Gasteiger charge is 2.32. The number of alkyl halides is 3. The van der Waals surface area contributed by atoms with Crippen molar-refractivity contribution in [1.29, 1.82) is 5.26 Å². The van der Waals surface area contributed by atoms with Crippen LogP contribution in [0, 0.1) is 68.4 Å². The van der Waals surface area contributed by atoms with E-state index in [1.165, 1.54) is 105 Å². The first-order valence-corrected chi connectivity index (χ1v) is 37.4. The van der Waals surface area contributed by atoms with Crippen LogP contribution in [-0.4, -0.2) is 79.4 Å². The lowest BCUT2D eigenvalue weighted by Gasteiger charge is -2.13. The highest BCUT2D eigenvalue weighted by atomic mass is 35.5. The number of anilines is 5. The van der Waals surface area contributed by atoms with Crippen molar-refractivity contribution in [3.05, 3.63) is 389 Å². The van der Waals surface area contributed by atoms with Crippen LogP contribution in [0.25, 0.3) is 0 Å². The second kappa shape index (κ2) is 44.0. The van der Waals surface area contributed by atoms with Crippen LogP contribution in [0.1, 0.15) is 90.7 Å². The Morgan fingerprint density at radius 3 is 1.12 bits per heavy atom. The molecule has 0 fully saturated rings. The summed E-state index contributed by atoms with van der Waals surface area (Å²) in [7, 11) is 0. The number of terminal acetylenes is 2. The van der Waals surface area contributed by atoms with E-state index >= 15 is 0 Å². The van der Waals surface area contributed by atoms with Gasteiger partial charge in [0.1, 0.15) is 72.0 Å². The Labute approximate surface area is 721 Å². The monoisotopic (exact) mass is 1710 g/mol. The first-order valence-electron chi connectivity index (χ1n) is 37.1. The molecule has 0 saturated carbocycles. The van der Waals surface area contributed by atoms with Crippen molar-refractivity contribution in [3.8, 4) is 88.3 Å². The third kappa shape index (κ3) is 28.1. The van der Waals surface area contributed by atoms with Gasteiger partial charge in [-0.15, -0.1) is 12.8 Å². The topological polar surface area (TPSA) is 344 Å². The Morgan fingerprint density at radius 1 is 0.341 bits per heavy atom. The molecule has 5 N–H and O–H groups in total. The summed E-state index contributed by atoms with van der Waals surface area (Å²) in [6.07, 6.45) is 27.4. The zero-order chi connectivity index (χ0) is 89.3. The number of aromatic nitrogens is 10. The fourth-order valence-electron chi connectivity index (χ4n) is 11.0. The van der Waals surface area contributed by atoms with Crippen molar-refractivity contribution in [3.63, 3.8) is 0 Å². The number of ether oxygens (including phenoxy) is 5. The van der Waals surface area contributed by atoms with Crippen LogP contribution in [0.15, 0.2) is 306 Å². The molecule has 624 valence electrons. The van der Waals surface area contributed by atoms with Crippen LogP contribution in [0.2, 0.25) is 5.02 Å². The highest BCUT2D eigenvalue weighted by Crippen LogP contribution is 2.37. The van der Waals surface area contributed by atoms with Gasteiger partial charge < -0.3 is 50.3 Å². The summed E-state index contributed by atoms with van der Waals surface area (Å²) in [6, 6.07) is 57.5. The summed E-state index contributed by atoms with van der Waals surface area (Å²) in [6.45, 7) is 5.80. The van der Waals surface area contributed by atoms with Gasteiger partial charge in [0.15, 0.2) is 28.7 Å². The van der Waals surface area contributed by atoms with Gasteiger partial charge in [-0.3, -0.25) is 24.0 Å². The van der Waals surface area contributed by atoms with E-state index in [0.717, 1.165) is 47.0 Å². The zero-order valence-electron chi connectivity index (χ0n) is 66.3. The van der Waals surface area contributed by atoms with Gasteiger partial charge in [0.05, 0.1) is 84.7 Å². The van der Waals surface area contributed by atoms with Gasteiger partial charge in [-0.2, -0.15) is 18.4 Å². The van der Waals surface area contributed by atoms with E-state index in [4.69, 9.17) is 48.1 Å². The Kier molecular flexibility index (Phi) is 31.2. The number of hydrogen-bond donors (Lipinski definition) is 5. The molecule has 126 heavy (non-hydrogen) atoms. The molecule has 0 saturated heterocycles. The van der Waals surface area contributed by atoms with E-state index in [1.807, 2.05) is 81.4 Å². The van der Waals surface area contributed by atoms with E-state index in [2.05, 4.69) is 94.3 Å². The molecule has 0 spiro atoms. The first-order chi connectivity index (χ1) is 60.8. The number of benzene rings is 10. The number of nitrogens with one attached hydrogen (secondary N) is 5. The lowest BCUT2D eigenvalue weighted by molar-refractivity contribution is -0.137. The molecule has 5 aromatic heterocycles. The van der Waals surface area contributed by atoms with E-state index < -0.39 is 35.2 Å². The Bertz CT molecular complexity index is 6500. The van der Waals surface area contributed by atoms with E-state index in [0.29, 0.717) is 95.7 Å². The minimum atomic E-state index is -4.63. The molecule has 10 aromatic carbocycles. The fraction of sp³-hybridized carbons (Fsp3) is 0.0426. The first kappa shape index (κ1) is 89.3. The molecule has 0 radical (unpaired) electrons. The van der Waals surface area contributed by atoms with Gasteiger partial charge in [0.2, 0.25) is 0 Å². The molecular weight excluding hydrogens is 1640 g/mol. The summed E-state index contributed by atoms with van der Waals surface area (Å²) in [5.74, 6) is 4.72. The molecular formula is C94H66ClF5N16O10. The van der Waals surface area contributed by atoms with E-state index in [-0.39, 0.29) is 57.5 Å². The SMILES string of the molecule is C#Cc1ccc(F)c(C(=O)Nc2cc(F)cc(Oc3cncnc3)c2)c1.C#Cc1cccc(C(=O)Nc2cc(Oc3cncnc3)cc(C(F)(F)F)c2)c1.Cc1cccc(C(=O)Nc2cc(C#N)cc(Oc3cncnc3)c2)c1.Cc1cccc(C(=O)Nc2cc(Cl)cc(Oc3cncnc3)c2)c1.Cc1cccc(C(=O)Nc2cccc(Oc3cncnc3)c2)c1. The quantitative estimate of drug-likeness (QED) is 0.0349. The lowest BCUT2D eigenvalue weighted by Crippen LogP contribution is -2.14. The predicted octanol–water partition coefficient (Wildman–Crippen LogP) is 20.3. The average molecular weight is 1710 g/mol. The summed E-state index contributed by atoms with van der Waals surface area (Å²) >= 11 is 6.11. The van der Waals surface area contributed by atoms with Gasteiger partial charge in [-0.1, -0.05) is 88.7 Å². The second-order valence-electron chi connectivity index (χ2n) is 26.3. The molecule has 0 aliphatic rings. The molecule has 5 heterocycles. The maximum atomic E-state index is 13.9. The lowest BCUT2D eigenvalue weighted by atomic mass is 10.1. The van der Waals surface area contributed by atoms with Crippen molar-refractivity contribution in [1.82, 2.24) is 49.8 Å². The van der Waals surface area contributed by atoms with Crippen LogP contribution >= 0.6 is 11.6 Å². The zero-order valence-corrected chi connectivity index (χ0v) is 67.0. The number of halogens is 6. The molecule has 26 nitrogen and oxygen atoms in total. The summed E-state index contributed by atoms with van der Waals surface area (Å²) in [5, 5.41) is 23.0. The van der Waals surface area contributed by atoms with Crippen LogP contribution in [-0.2, 0) is 6.18 Å². The van der Waals surface area contributed by atoms with Crippen molar-refractivity contribution in [2.75, 3.05) is 26.6 Å². The average Bonchev–Trinajstić information content (AvgIpc) is 0.807. The van der Waals surface area contributed by atoms with Crippen LogP contribution in [0.3, 0.4) is 0 Å². The van der Waals surface area contributed by atoms with Crippen LogP contribution in [0.5, 0.6) is 57.5 Å². The van der Waals surface area contributed by atoms with Gasteiger partial charge in [0, 0.05) is 103 Å². The van der Waals surface area contributed by atoms with Gasteiger partial charge >= 0.3 is 6.18 Å². The molecule has 0 unspecified atom stereocenters. The molecule has 0 aliphatic heterocycles. The fourth-order valence-corrected chi connectivity index (χ4v) is 11.2. The van der Waals surface area contributed by atoms with Gasteiger partial charge in [0.25, 0.3) is 29.5 Å². The van der Waals surface area contributed by atoms with Crippen molar-refractivity contribution < 1.29 is 69.6 Å². The number of nitriles is 1. The van der Waals surface area contributed by atoms with Crippen molar-refractivity contribution in [2.24, 2.45) is 0 Å². The third-order valence-corrected chi connectivity index (χ3v) is 16.7.